The highest BCUT2D eigenvalue weighted by molar-refractivity contribution is 5.81. The molecule has 2 N–H and O–H groups in total. The summed E-state index contributed by atoms with van der Waals surface area (Å²) >= 11 is 0. The molecule has 0 amide bonds. The first-order valence-electron chi connectivity index (χ1n) is 14.6. The van der Waals surface area contributed by atoms with Gasteiger partial charge in [0.05, 0.1) is 53.3 Å². The number of alkyl halides is 3. The van der Waals surface area contributed by atoms with Crippen molar-refractivity contribution in [3.8, 4) is 17.2 Å². The Bertz CT molecular complexity index is 1560. The van der Waals surface area contributed by atoms with Crippen molar-refractivity contribution < 1.29 is 17.9 Å². The number of fused-ring (bicyclic) bond motifs is 1. The Balaban J connectivity index is 1.59. The van der Waals surface area contributed by atoms with E-state index in [1.807, 2.05) is 31.2 Å². The first-order chi connectivity index (χ1) is 20.3. The Morgan fingerprint density at radius 3 is 2.64 bits per heavy atom. The number of imidazole rings is 1. The third kappa shape index (κ3) is 5.31. The normalized spacial score (nSPS) is 18.6. The zero-order chi connectivity index (χ0) is 29.4. The summed E-state index contributed by atoms with van der Waals surface area (Å²) in [5.74, 6) is 1.32. The quantitative estimate of drug-likeness (QED) is 0.315. The molecule has 2 saturated heterocycles. The van der Waals surface area contributed by atoms with Crippen LogP contribution in [0.25, 0.3) is 28.2 Å². The van der Waals surface area contributed by atoms with Gasteiger partial charge in [-0.25, -0.2) is 14.5 Å². The van der Waals surface area contributed by atoms with Gasteiger partial charge >= 0.3 is 6.18 Å². The lowest BCUT2D eigenvalue weighted by molar-refractivity contribution is -0.144. The van der Waals surface area contributed by atoms with E-state index in [-0.39, 0.29) is 35.0 Å². The van der Waals surface area contributed by atoms with Crippen LogP contribution in [0.15, 0.2) is 30.3 Å². The Kier molecular flexibility index (Phi) is 7.79. The fraction of sp³-hybridized carbons (Fsp3) is 0.517. The number of hydrogen-bond acceptors (Lipinski definition) is 8. The van der Waals surface area contributed by atoms with Crippen LogP contribution in [0.3, 0.4) is 0 Å². The van der Waals surface area contributed by atoms with Gasteiger partial charge in [0.15, 0.2) is 5.69 Å². The lowest BCUT2D eigenvalue weighted by Crippen LogP contribution is -2.44. The molecular formula is C29H36F3N9O. The number of ether oxygens (including phenoxy) is 1. The summed E-state index contributed by atoms with van der Waals surface area (Å²) in [6.07, 6.45) is -2.62. The molecule has 42 heavy (non-hydrogen) atoms. The number of morpholine rings is 1. The number of anilines is 2. The molecule has 6 rings (SSSR count). The van der Waals surface area contributed by atoms with Gasteiger partial charge in [0, 0.05) is 19.2 Å². The van der Waals surface area contributed by atoms with Crippen molar-refractivity contribution in [2.24, 2.45) is 0 Å². The number of nitrogens with one attached hydrogen (secondary N) is 2. The van der Waals surface area contributed by atoms with E-state index in [2.05, 4.69) is 27.6 Å². The van der Waals surface area contributed by atoms with Crippen molar-refractivity contribution in [1.29, 1.82) is 0 Å². The fourth-order valence-electron chi connectivity index (χ4n) is 5.89. The van der Waals surface area contributed by atoms with Gasteiger partial charge in [0.25, 0.3) is 0 Å². The number of benzene rings is 1. The number of para-hydroxylation sites is 2. The molecule has 2 aliphatic rings. The topological polar surface area (TPSA) is 98.0 Å². The molecule has 4 aromatic rings. The molecule has 5 heterocycles. The minimum absolute atomic E-state index is 0.0145. The average molecular weight is 584 g/mol. The molecule has 0 radical (unpaired) electrons. The van der Waals surface area contributed by atoms with Crippen LogP contribution in [0, 0.1) is 6.92 Å². The first-order valence-corrected chi connectivity index (χ1v) is 14.6. The predicted molar refractivity (Wildman–Crippen MR) is 155 cm³/mol. The highest BCUT2D eigenvalue weighted by atomic mass is 19.4. The van der Waals surface area contributed by atoms with Gasteiger partial charge < -0.3 is 20.3 Å². The van der Waals surface area contributed by atoms with Crippen LogP contribution in [0.4, 0.5) is 24.9 Å². The van der Waals surface area contributed by atoms with Gasteiger partial charge in [-0.1, -0.05) is 19.1 Å². The molecule has 224 valence electrons. The van der Waals surface area contributed by atoms with Gasteiger partial charge in [0.2, 0.25) is 11.9 Å². The zero-order valence-electron chi connectivity index (χ0n) is 24.1. The molecular weight excluding hydrogens is 547 g/mol. The maximum Gasteiger partial charge on any atom is 0.433 e. The number of aromatic nitrogens is 6. The molecule has 1 aromatic carbocycles. The molecule has 1 atom stereocenters. The molecule has 2 aliphatic heterocycles. The van der Waals surface area contributed by atoms with Gasteiger partial charge in [-0.05, 0) is 58.3 Å². The molecule has 2 fully saturated rings. The summed E-state index contributed by atoms with van der Waals surface area (Å²) in [7, 11) is 0. The maximum absolute atomic E-state index is 14.9. The van der Waals surface area contributed by atoms with Crippen molar-refractivity contribution in [3.05, 3.63) is 41.7 Å². The molecule has 13 heteroatoms. The van der Waals surface area contributed by atoms with E-state index in [0.29, 0.717) is 64.0 Å². The van der Waals surface area contributed by atoms with Crippen LogP contribution in [0.5, 0.6) is 0 Å². The molecule has 0 bridgehead atoms. The average Bonchev–Trinajstić information content (AvgIpc) is 3.54. The Hall–Kier alpha value is -3.71. The molecule has 10 nitrogen and oxygen atoms in total. The summed E-state index contributed by atoms with van der Waals surface area (Å²) in [4.78, 5) is 16.6. The largest absolute Gasteiger partial charge is 0.433 e. The molecule has 0 saturated carbocycles. The number of rotatable bonds is 7. The fourth-order valence-corrected chi connectivity index (χ4v) is 5.89. The van der Waals surface area contributed by atoms with E-state index in [1.54, 1.807) is 17.6 Å². The number of piperidine rings is 1. The smallest absolute Gasteiger partial charge is 0.377 e. The molecule has 3 aromatic heterocycles. The van der Waals surface area contributed by atoms with Crippen molar-refractivity contribution in [1.82, 2.24) is 34.6 Å². The van der Waals surface area contributed by atoms with E-state index in [1.165, 1.54) is 4.68 Å². The number of hydrogen-bond donors (Lipinski definition) is 2. The Labute approximate surface area is 242 Å². The van der Waals surface area contributed by atoms with Gasteiger partial charge in [-0.15, -0.1) is 0 Å². The van der Waals surface area contributed by atoms with Crippen LogP contribution >= 0.6 is 0 Å². The lowest BCUT2D eigenvalue weighted by atomic mass is 10.0. The van der Waals surface area contributed by atoms with Crippen LogP contribution in [0.1, 0.15) is 50.5 Å². The van der Waals surface area contributed by atoms with Crippen LogP contribution in [-0.4, -0.2) is 74.7 Å². The van der Waals surface area contributed by atoms with E-state index in [4.69, 9.17) is 19.7 Å². The maximum atomic E-state index is 14.9. The van der Waals surface area contributed by atoms with Crippen LogP contribution in [-0.2, 0) is 10.9 Å². The van der Waals surface area contributed by atoms with Crippen molar-refractivity contribution in [3.63, 3.8) is 0 Å². The summed E-state index contributed by atoms with van der Waals surface area (Å²) < 4.78 is 53.3. The minimum Gasteiger partial charge on any atom is -0.377 e. The zero-order valence-corrected chi connectivity index (χ0v) is 24.1. The summed E-state index contributed by atoms with van der Waals surface area (Å²) in [6.45, 7) is 9.20. The third-order valence-corrected chi connectivity index (χ3v) is 7.92. The third-order valence-electron chi connectivity index (χ3n) is 7.92. The molecule has 0 unspecified atom stereocenters. The highest BCUT2D eigenvalue weighted by Gasteiger charge is 2.42. The lowest BCUT2D eigenvalue weighted by Gasteiger charge is -2.34. The van der Waals surface area contributed by atoms with E-state index >= 15 is 0 Å². The first kappa shape index (κ1) is 28.4. The van der Waals surface area contributed by atoms with E-state index in [0.717, 1.165) is 17.5 Å². The van der Waals surface area contributed by atoms with Crippen molar-refractivity contribution in [2.75, 3.05) is 49.6 Å². The monoisotopic (exact) mass is 583 g/mol. The van der Waals surface area contributed by atoms with Crippen LogP contribution < -0.4 is 15.5 Å². The Morgan fingerprint density at radius 1 is 1.12 bits per heavy atom. The number of aryl methyl sites for hydroxylation is 1. The second-order valence-corrected chi connectivity index (χ2v) is 10.9. The minimum atomic E-state index is -4.63. The number of halogens is 3. The summed E-state index contributed by atoms with van der Waals surface area (Å²) in [6, 6.07) is 8.89. The van der Waals surface area contributed by atoms with Gasteiger partial charge in [0.1, 0.15) is 5.82 Å². The van der Waals surface area contributed by atoms with Crippen molar-refractivity contribution in [2.45, 2.75) is 58.3 Å². The Morgan fingerprint density at radius 2 is 1.90 bits per heavy atom. The second kappa shape index (κ2) is 11.5. The molecule has 0 aliphatic carbocycles. The summed E-state index contributed by atoms with van der Waals surface area (Å²) in [5.41, 5.74) is 1.17. The second-order valence-electron chi connectivity index (χ2n) is 10.9. The predicted octanol–water partition coefficient (Wildman–Crippen LogP) is 4.98. The standard InChI is InChI=1S/C29H36F3N9O/c1-4-11-34-27-35-21-7-5-6-8-23(21)40(27)28-36-22(16-24(37-28)39-14-15-42-17-18(39)2)25-19(3)38-41(26(25)29(30,31)32)20-9-12-33-13-10-20/h5-8,16,18,20,33H,4,9-15,17H2,1-3H3,(H,34,35)/t18-/m1/s1. The van der Waals surface area contributed by atoms with Crippen LogP contribution in [0.2, 0.25) is 0 Å². The summed E-state index contributed by atoms with van der Waals surface area (Å²) in [5, 5.41) is 11.1. The highest BCUT2D eigenvalue weighted by Crippen LogP contribution is 2.42. The van der Waals surface area contributed by atoms with Gasteiger partial charge in [-0.2, -0.15) is 23.3 Å². The molecule has 0 spiro atoms. The van der Waals surface area contributed by atoms with Gasteiger partial charge in [-0.3, -0.25) is 4.68 Å². The number of nitrogens with zero attached hydrogens (tertiary/aromatic N) is 7. The van der Waals surface area contributed by atoms with E-state index in [9.17, 15) is 13.2 Å². The SMILES string of the molecule is CCCNc1nc2ccccc2n1-c1nc(-c2c(C)nn(C3CCNCC3)c2C(F)(F)F)cc(N2CCOC[C@H]2C)n1. The van der Waals surface area contributed by atoms with E-state index < -0.39 is 11.9 Å². The van der Waals surface area contributed by atoms with Crippen molar-refractivity contribution >= 4 is 22.8 Å².